The first-order valence-corrected chi connectivity index (χ1v) is 10.4. The minimum absolute atomic E-state index is 0.236. The van der Waals surface area contributed by atoms with Crippen molar-refractivity contribution in [3.63, 3.8) is 0 Å². The van der Waals surface area contributed by atoms with Gasteiger partial charge in [0.15, 0.2) is 5.65 Å². The molecule has 3 N–H and O–H groups in total. The molecule has 0 fully saturated rings. The number of hydrogen-bond acceptors (Lipinski definition) is 4. The third kappa shape index (κ3) is 3.83. The fourth-order valence-electron chi connectivity index (χ4n) is 3.46. The molecule has 2 heterocycles. The molecule has 0 spiro atoms. The number of hydrogen-bond donors (Lipinski definition) is 2. The highest BCUT2D eigenvalue weighted by molar-refractivity contribution is 6.31. The Morgan fingerprint density at radius 3 is 2.47 bits per heavy atom. The Kier molecular flexibility index (Phi) is 5.59. The van der Waals surface area contributed by atoms with Crippen LogP contribution in [0, 0.1) is 5.92 Å². The smallest absolute Gasteiger partial charge is 0.257 e. The lowest BCUT2D eigenvalue weighted by atomic mass is 10.1. The van der Waals surface area contributed by atoms with Crippen molar-refractivity contribution in [2.24, 2.45) is 5.92 Å². The van der Waals surface area contributed by atoms with Crippen LogP contribution in [0.25, 0.3) is 22.2 Å². The highest BCUT2D eigenvalue weighted by atomic mass is 35.5. The molecule has 0 aliphatic heterocycles. The second-order valence-corrected chi connectivity index (χ2v) is 8.17. The third-order valence-electron chi connectivity index (χ3n) is 5.11. The Labute approximate surface area is 180 Å². The molecule has 2 aromatic carbocycles. The van der Waals surface area contributed by atoms with Gasteiger partial charge in [0, 0.05) is 11.6 Å². The quantitative estimate of drug-likeness (QED) is 0.474. The zero-order valence-electron chi connectivity index (χ0n) is 17.0. The first kappa shape index (κ1) is 20.2. The number of carbonyl (C=O) groups excluding carboxylic acids is 1. The van der Waals surface area contributed by atoms with Gasteiger partial charge in [-0.25, -0.2) is 9.97 Å². The van der Waals surface area contributed by atoms with E-state index < -0.39 is 0 Å². The zero-order chi connectivity index (χ0) is 21.3. The Morgan fingerprint density at radius 1 is 1.10 bits per heavy atom. The van der Waals surface area contributed by atoms with Crippen LogP contribution in [-0.4, -0.2) is 27.0 Å². The van der Waals surface area contributed by atoms with Crippen molar-refractivity contribution in [3.8, 4) is 0 Å². The van der Waals surface area contributed by atoms with Crippen LogP contribution in [-0.2, 0) is 6.54 Å². The number of fused-ring (bicyclic) bond motifs is 2. The highest BCUT2D eigenvalue weighted by Gasteiger charge is 2.24. The van der Waals surface area contributed by atoms with Crippen molar-refractivity contribution in [1.82, 2.24) is 19.9 Å². The molecular formula is C23H24ClN5O. The van der Waals surface area contributed by atoms with E-state index in [1.807, 2.05) is 53.1 Å². The van der Waals surface area contributed by atoms with Gasteiger partial charge in [-0.3, -0.25) is 4.79 Å². The van der Waals surface area contributed by atoms with Gasteiger partial charge in [-0.05, 0) is 36.1 Å². The molecule has 154 valence electrons. The molecule has 0 atom stereocenters. The minimum Gasteiger partial charge on any atom is -0.384 e. The van der Waals surface area contributed by atoms with Crippen LogP contribution in [0.15, 0.2) is 48.5 Å². The average Bonchev–Trinajstić information content (AvgIpc) is 2.98. The van der Waals surface area contributed by atoms with Crippen molar-refractivity contribution in [1.29, 1.82) is 0 Å². The SMILES string of the molecule is CC(C)CCNC(=O)c1c(N)n(Cc2ccccc2Cl)c2nc3ccccc3nc12. The number of nitrogens with two attached hydrogens (primary N) is 1. The average molecular weight is 422 g/mol. The van der Waals surface area contributed by atoms with Crippen LogP contribution in [0.4, 0.5) is 5.82 Å². The number of amides is 1. The number of anilines is 1. The van der Waals surface area contributed by atoms with Gasteiger partial charge in [-0.15, -0.1) is 0 Å². The summed E-state index contributed by atoms with van der Waals surface area (Å²) in [5.74, 6) is 0.593. The summed E-state index contributed by atoms with van der Waals surface area (Å²) >= 11 is 6.37. The number of nitrogen functional groups attached to an aromatic ring is 1. The van der Waals surface area contributed by atoms with E-state index in [4.69, 9.17) is 27.3 Å². The van der Waals surface area contributed by atoms with E-state index in [1.165, 1.54) is 0 Å². The summed E-state index contributed by atoms with van der Waals surface area (Å²) in [5.41, 5.74) is 10.3. The van der Waals surface area contributed by atoms with E-state index in [1.54, 1.807) is 0 Å². The molecule has 0 bridgehead atoms. The zero-order valence-corrected chi connectivity index (χ0v) is 17.8. The van der Waals surface area contributed by atoms with Gasteiger partial charge in [0.25, 0.3) is 5.91 Å². The van der Waals surface area contributed by atoms with E-state index in [-0.39, 0.29) is 5.91 Å². The van der Waals surface area contributed by atoms with E-state index in [0.29, 0.717) is 46.6 Å². The molecule has 4 rings (SSSR count). The standard InChI is InChI=1S/C23H24ClN5O/c1-14(2)11-12-26-23(30)19-20-22(28-18-10-6-5-9-17(18)27-20)29(21(19)25)13-15-7-3-4-8-16(15)24/h3-10,14H,11-13,25H2,1-2H3,(H,26,30). The largest absolute Gasteiger partial charge is 0.384 e. The summed E-state index contributed by atoms with van der Waals surface area (Å²) < 4.78 is 1.81. The summed E-state index contributed by atoms with van der Waals surface area (Å²) in [6.45, 7) is 5.21. The van der Waals surface area contributed by atoms with Crippen LogP contribution in [0.2, 0.25) is 5.02 Å². The molecule has 0 saturated carbocycles. The lowest BCUT2D eigenvalue weighted by Crippen LogP contribution is -2.26. The predicted molar refractivity (Wildman–Crippen MR) is 122 cm³/mol. The Balaban J connectivity index is 1.85. The number of benzene rings is 2. The summed E-state index contributed by atoms with van der Waals surface area (Å²) in [6, 6.07) is 15.1. The molecule has 0 aliphatic rings. The monoisotopic (exact) mass is 421 g/mol. The molecule has 2 aromatic heterocycles. The molecule has 7 heteroatoms. The van der Waals surface area contributed by atoms with Gasteiger partial charge in [-0.1, -0.05) is 55.8 Å². The molecule has 1 amide bonds. The van der Waals surface area contributed by atoms with E-state index in [2.05, 4.69) is 19.2 Å². The summed E-state index contributed by atoms with van der Waals surface area (Å²) in [7, 11) is 0. The lowest BCUT2D eigenvalue weighted by molar-refractivity contribution is 0.0954. The fourth-order valence-corrected chi connectivity index (χ4v) is 3.66. The summed E-state index contributed by atoms with van der Waals surface area (Å²) in [6.07, 6.45) is 0.887. The maximum atomic E-state index is 13.0. The predicted octanol–water partition coefficient (Wildman–Crippen LogP) is 4.64. The van der Waals surface area contributed by atoms with Crippen LogP contribution in [0.3, 0.4) is 0 Å². The number of nitrogens with zero attached hydrogens (tertiary/aromatic N) is 3. The maximum Gasteiger partial charge on any atom is 0.257 e. The normalized spacial score (nSPS) is 11.5. The minimum atomic E-state index is -0.236. The van der Waals surface area contributed by atoms with E-state index in [0.717, 1.165) is 23.0 Å². The Bertz CT molecular complexity index is 1230. The van der Waals surface area contributed by atoms with Crippen molar-refractivity contribution in [2.45, 2.75) is 26.8 Å². The van der Waals surface area contributed by atoms with E-state index >= 15 is 0 Å². The van der Waals surface area contributed by atoms with Crippen molar-refractivity contribution < 1.29 is 4.79 Å². The topological polar surface area (TPSA) is 85.8 Å². The first-order valence-electron chi connectivity index (χ1n) is 10.0. The number of carbonyl (C=O) groups is 1. The van der Waals surface area contributed by atoms with Gasteiger partial charge in [-0.2, -0.15) is 0 Å². The molecule has 0 aliphatic carbocycles. The van der Waals surface area contributed by atoms with Crippen LogP contribution < -0.4 is 11.1 Å². The van der Waals surface area contributed by atoms with Crippen molar-refractivity contribution >= 4 is 45.5 Å². The van der Waals surface area contributed by atoms with E-state index in [9.17, 15) is 4.79 Å². The van der Waals surface area contributed by atoms with Crippen LogP contribution >= 0.6 is 11.6 Å². The molecule has 4 aromatic rings. The van der Waals surface area contributed by atoms with Crippen LogP contribution in [0.1, 0.15) is 36.2 Å². The molecule has 30 heavy (non-hydrogen) atoms. The van der Waals surface area contributed by atoms with Crippen LogP contribution in [0.5, 0.6) is 0 Å². The van der Waals surface area contributed by atoms with Gasteiger partial charge in [0.1, 0.15) is 16.9 Å². The maximum absolute atomic E-state index is 13.0. The molecule has 0 unspecified atom stereocenters. The van der Waals surface area contributed by atoms with Gasteiger partial charge < -0.3 is 15.6 Å². The second-order valence-electron chi connectivity index (χ2n) is 7.76. The molecular weight excluding hydrogens is 398 g/mol. The summed E-state index contributed by atoms with van der Waals surface area (Å²) in [4.78, 5) is 22.5. The number of halogens is 1. The second kappa shape index (κ2) is 8.32. The van der Waals surface area contributed by atoms with Gasteiger partial charge in [0.05, 0.1) is 17.6 Å². The Morgan fingerprint density at radius 2 is 1.77 bits per heavy atom. The van der Waals surface area contributed by atoms with Crippen molar-refractivity contribution in [2.75, 3.05) is 12.3 Å². The van der Waals surface area contributed by atoms with Gasteiger partial charge >= 0.3 is 0 Å². The summed E-state index contributed by atoms with van der Waals surface area (Å²) in [5, 5.41) is 3.61. The number of para-hydroxylation sites is 2. The number of aromatic nitrogens is 3. The van der Waals surface area contributed by atoms with Gasteiger partial charge in [0.2, 0.25) is 0 Å². The molecule has 6 nitrogen and oxygen atoms in total. The van der Waals surface area contributed by atoms with Crippen molar-refractivity contribution in [3.05, 3.63) is 64.7 Å². The fraction of sp³-hybridized carbons (Fsp3) is 0.261. The lowest BCUT2D eigenvalue weighted by Gasteiger charge is -2.10. The first-order chi connectivity index (χ1) is 14.5. The number of rotatable bonds is 6. The molecule has 0 radical (unpaired) electrons. The Hall–Kier alpha value is -3.12. The molecule has 0 saturated heterocycles. The third-order valence-corrected chi connectivity index (χ3v) is 5.48. The highest BCUT2D eigenvalue weighted by Crippen LogP contribution is 2.29. The number of nitrogens with one attached hydrogen (secondary N) is 1.